The highest BCUT2D eigenvalue weighted by Gasteiger charge is 2.21. The van der Waals surface area contributed by atoms with Crippen molar-refractivity contribution in [1.29, 1.82) is 0 Å². The second kappa shape index (κ2) is 11.9. The van der Waals surface area contributed by atoms with E-state index in [2.05, 4.69) is 39.1 Å². The third-order valence-electron chi connectivity index (χ3n) is 5.59. The molecule has 0 spiro atoms. The van der Waals surface area contributed by atoms with Crippen LogP contribution in [0.25, 0.3) is 0 Å². The molecule has 162 valence electrons. The van der Waals surface area contributed by atoms with E-state index in [4.69, 9.17) is 14.5 Å². The van der Waals surface area contributed by atoms with Gasteiger partial charge in [0.1, 0.15) is 5.75 Å². The van der Waals surface area contributed by atoms with Crippen molar-refractivity contribution in [3.8, 4) is 5.75 Å². The molecule has 2 saturated heterocycles. The first kappa shape index (κ1) is 21.7. The van der Waals surface area contributed by atoms with Gasteiger partial charge in [-0.25, -0.2) is 0 Å². The minimum Gasteiger partial charge on any atom is -0.495 e. The minimum atomic E-state index is 0.879. The van der Waals surface area contributed by atoms with Crippen molar-refractivity contribution in [2.24, 2.45) is 4.99 Å². The summed E-state index contributed by atoms with van der Waals surface area (Å²) < 4.78 is 10.9. The van der Waals surface area contributed by atoms with E-state index in [9.17, 15) is 0 Å². The topological polar surface area (TPSA) is 52.6 Å². The summed E-state index contributed by atoms with van der Waals surface area (Å²) in [4.78, 5) is 12.2. The molecular formula is C22H37N5O2. The second-order valence-electron chi connectivity index (χ2n) is 7.54. The highest BCUT2D eigenvalue weighted by Crippen LogP contribution is 2.28. The van der Waals surface area contributed by atoms with Crippen LogP contribution in [-0.2, 0) is 4.74 Å². The number of anilines is 1. The Hall–Kier alpha value is -1.99. The zero-order valence-corrected chi connectivity index (χ0v) is 18.1. The molecule has 0 bridgehead atoms. The maximum Gasteiger partial charge on any atom is 0.194 e. The highest BCUT2D eigenvalue weighted by atomic mass is 16.5. The molecule has 3 rings (SSSR count). The molecule has 1 N–H and O–H groups in total. The summed E-state index contributed by atoms with van der Waals surface area (Å²) in [5, 5.41) is 3.48. The number of nitrogens with zero attached hydrogens (tertiary/aromatic N) is 4. The largest absolute Gasteiger partial charge is 0.495 e. The molecule has 1 aromatic rings. The summed E-state index contributed by atoms with van der Waals surface area (Å²) in [5.74, 6) is 2.00. The molecule has 0 radical (unpaired) electrons. The van der Waals surface area contributed by atoms with Crippen LogP contribution in [0, 0.1) is 0 Å². The Balaban J connectivity index is 1.45. The van der Waals surface area contributed by atoms with Crippen LogP contribution >= 0.6 is 0 Å². The standard InChI is InChI=1S/C22H37N5O2/c1-3-23-22(24-10-6-7-11-25-16-18-29-19-17-25)27-14-12-26(13-15-27)20-8-4-5-9-21(20)28-2/h4-5,8-9H,3,6-7,10-19H2,1-2H3,(H,23,24). The zero-order valence-electron chi connectivity index (χ0n) is 18.1. The van der Waals surface area contributed by atoms with Crippen LogP contribution in [0.3, 0.4) is 0 Å². The van der Waals surface area contributed by atoms with E-state index in [1.54, 1.807) is 7.11 Å². The first-order valence-electron chi connectivity index (χ1n) is 11.0. The summed E-state index contributed by atoms with van der Waals surface area (Å²) in [6, 6.07) is 8.27. The Morgan fingerprint density at radius 1 is 1.07 bits per heavy atom. The Kier molecular flexibility index (Phi) is 8.89. The zero-order chi connectivity index (χ0) is 20.3. The van der Waals surface area contributed by atoms with Gasteiger partial charge in [0.15, 0.2) is 5.96 Å². The van der Waals surface area contributed by atoms with Crippen LogP contribution in [0.4, 0.5) is 5.69 Å². The number of hydrogen-bond donors (Lipinski definition) is 1. The second-order valence-corrected chi connectivity index (χ2v) is 7.54. The Morgan fingerprint density at radius 3 is 2.55 bits per heavy atom. The quantitative estimate of drug-likeness (QED) is 0.406. The number of unbranched alkanes of at least 4 members (excludes halogenated alkanes) is 1. The molecule has 2 fully saturated rings. The van der Waals surface area contributed by atoms with Crippen LogP contribution in [0.5, 0.6) is 5.75 Å². The summed E-state index contributed by atoms with van der Waals surface area (Å²) in [6.45, 7) is 12.9. The first-order chi connectivity index (χ1) is 14.3. The molecule has 29 heavy (non-hydrogen) atoms. The summed E-state index contributed by atoms with van der Waals surface area (Å²) in [5.41, 5.74) is 1.18. The minimum absolute atomic E-state index is 0.879. The lowest BCUT2D eigenvalue weighted by Gasteiger charge is -2.38. The van der Waals surface area contributed by atoms with Crippen LogP contribution in [-0.4, -0.2) is 95.0 Å². The number of ether oxygens (including phenoxy) is 2. The number of morpholine rings is 1. The van der Waals surface area contributed by atoms with Gasteiger partial charge in [-0.2, -0.15) is 0 Å². The Labute approximate surface area is 175 Å². The predicted octanol–water partition coefficient (Wildman–Crippen LogP) is 1.90. The van der Waals surface area contributed by atoms with Gasteiger partial charge in [-0.1, -0.05) is 12.1 Å². The monoisotopic (exact) mass is 403 g/mol. The average Bonchev–Trinajstić information content (AvgIpc) is 2.79. The third-order valence-corrected chi connectivity index (χ3v) is 5.59. The molecule has 2 aliphatic heterocycles. The van der Waals surface area contributed by atoms with Crippen molar-refractivity contribution < 1.29 is 9.47 Å². The van der Waals surface area contributed by atoms with E-state index in [1.165, 1.54) is 12.1 Å². The summed E-state index contributed by atoms with van der Waals surface area (Å²) in [7, 11) is 1.74. The number of nitrogens with one attached hydrogen (secondary N) is 1. The predicted molar refractivity (Wildman–Crippen MR) is 119 cm³/mol. The van der Waals surface area contributed by atoms with E-state index < -0.39 is 0 Å². The molecule has 0 amide bonds. The van der Waals surface area contributed by atoms with Crippen LogP contribution in [0.2, 0.25) is 0 Å². The van der Waals surface area contributed by atoms with Gasteiger partial charge < -0.3 is 24.6 Å². The van der Waals surface area contributed by atoms with Gasteiger partial charge in [-0.15, -0.1) is 0 Å². The number of piperazine rings is 1. The smallest absolute Gasteiger partial charge is 0.194 e. The number of guanidine groups is 1. The lowest BCUT2D eigenvalue weighted by Crippen LogP contribution is -2.52. The Bertz CT molecular complexity index is 625. The number of para-hydroxylation sites is 2. The van der Waals surface area contributed by atoms with Crippen molar-refractivity contribution in [2.75, 3.05) is 84.1 Å². The Morgan fingerprint density at radius 2 is 1.83 bits per heavy atom. The van der Waals surface area contributed by atoms with E-state index in [0.29, 0.717) is 0 Å². The number of aliphatic imine (C=N–C) groups is 1. The molecule has 2 heterocycles. The maximum absolute atomic E-state index is 5.53. The number of benzene rings is 1. The SMILES string of the molecule is CCNC(=NCCCCN1CCOCC1)N1CCN(c2ccccc2OC)CC1. The fraction of sp³-hybridized carbons (Fsp3) is 0.682. The molecule has 0 saturated carbocycles. The van der Waals surface area contributed by atoms with Gasteiger partial charge in [-0.05, 0) is 38.4 Å². The van der Waals surface area contributed by atoms with Gasteiger partial charge in [0, 0.05) is 52.4 Å². The summed E-state index contributed by atoms with van der Waals surface area (Å²) >= 11 is 0. The molecule has 1 aromatic carbocycles. The van der Waals surface area contributed by atoms with E-state index in [-0.39, 0.29) is 0 Å². The normalized spacial score (nSPS) is 18.8. The molecule has 7 nitrogen and oxygen atoms in total. The fourth-order valence-corrected chi connectivity index (χ4v) is 3.93. The molecule has 0 aromatic heterocycles. The van der Waals surface area contributed by atoms with Crippen LogP contribution in [0.1, 0.15) is 19.8 Å². The van der Waals surface area contributed by atoms with Crippen molar-refractivity contribution in [1.82, 2.24) is 15.1 Å². The van der Waals surface area contributed by atoms with Crippen molar-refractivity contribution in [3.63, 3.8) is 0 Å². The van der Waals surface area contributed by atoms with E-state index >= 15 is 0 Å². The van der Waals surface area contributed by atoms with Crippen molar-refractivity contribution >= 4 is 11.6 Å². The fourth-order valence-electron chi connectivity index (χ4n) is 3.93. The van der Waals surface area contributed by atoms with Gasteiger partial charge in [0.2, 0.25) is 0 Å². The molecular weight excluding hydrogens is 366 g/mol. The third kappa shape index (κ3) is 6.51. The first-order valence-corrected chi connectivity index (χ1v) is 11.0. The molecule has 2 aliphatic rings. The maximum atomic E-state index is 5.53. The number of hydrogen-bond acceptors (Lipinski definition) is 5. The molecule has 0 atom stereocenters. The van der Waals surface area contributed by atoms with Gasteiger partial charge in [0.05, 0.1) is 26.0 Å². The van der Waals surface area contributed by atoms with Gasteiger partial charge in [-0.3, -0.25) is 9.89 Å². The lowest BCUT2D eigenvalue weighted by atomic mass is 10.2. The summed E-state index contributed by atoms with van der Waals surface area (Å²) in [6.07, 6.45) is 2.33. The number of methoxy groups -OCH3 is 1. The van der Waals surface area contributed by atoms with E-state index in [1.807, 2.05) is 12.1 Å². The molecule has 7 heteroatoms. The van der Waals surface area contributed by atoms with Gasteiger partial charge in [0.25, 0.3) is 0 Å². The van der Waals surface area contributed by atoms with Crippen molar-refractivity contribution in [3.05, 3.63) is 24.3 Å². The number of rotatable bonds is 8. The molecule has 0 aliphatic carbocycles. The van der Waals surface area contributed by atoms with Gasteiger partial charge >= 0.3 is 0 Å². The lowest BCUT2D eigenvalue weighted by molar-refractivity contribution is 0.0373. The van der Waals surface area contributed by atoms with Crippen LogP contribution in [0.15, 0.2) is 29.3 Å². The highest BCUT2D eigenvalue weighted by molar-refractivity contribution is 5.80. The molecule has 0 unspecified atom stereocenters. The van der Waals surface area contributed by atoms with Crippen molar-refractivity contribution in [2.45, 2.75) is 19.8 Å². The van der Waals surface area contributed by atoms with Crippen LogP contribution < -0.4 is 15.0 Å². The average molecular weight is 404 g/mol. The van der Waals surface area contributed by atoms with E-state index in [0.717, 1.165) is 90.2 Å².